The van der Waals surface area contributed by atoms with Crippen LogP contribution in [-0.2, 0) is 0 Å². The van der Waals surface area contributed by atoms with Crippen molar-refractivity contribution in [1.82, 2.24) is 0 Å². The van der Waals surface area contributed by atoms with Gasteiger partial charge in [-0.25, -0.2) is 9.18 Å². The van der Waals surface area contributed by atoms with Crippen LogP contribution in [0.4, 0.5) is 10.1 Å². The number of nitrogen functional groups attached to an aromatic ring is 1. The summed E-state index contributed by atoms with van der Waals surface area (Å²) in [6.07, 6.45) is 0. The van der Waals surface area contributed by atoms with E-state index in [4.69, 9.17) is 22.4 Å². The molecule has 0 aliphatic heterocycles. The maximum atomic E-state index is 13.0. The zero-order valence-electron chi connectivity index (χ0n) is 6.77. The molecular formula is C8H7ClFNO2. The second-order valence-corrected chi connectivity index (χ2v) is 2.97. The van der Waals surface area contributed by atoms with Gasteiger partial charge in [-0.3, -0.25) is 0 Å². The van der Waals surface area contributed by atoms with Crippen molar-refractivity contribution in [3.8, 4) is 0 Å². The van der Waals surface area contributed by atoms with Crippen molar-refractivity contribution in [3.63, 3.8) is 0 Å². The van der Waals surface area contributed by atoms with Crippen LogP contribution in [0.1, 0.15) is 15.9 Å². The summed E-state index contributed by atoms with van der Waals surface area (Å²) in [5.41, 5.74) is 4.99. The summed E-state index contributed by atoms with van der Waals surface area (Å²) in [6, 6.07) is 0.999. The molecule has 5 heteroatoms. The minimum atomic E-state index is -1.28. The highest BCUT2D eigenvalue weighted by Crippen LogP contribution is 2.27. The lowest BCUT2D eigenvalue weighted by atomic mass is 10.1. The van der Waals surface area contributed by atoms with Crippen LogP contribution in [0.5, 0.6) is 0 Å². The zero-order valence-corrected chi connectivity index (χ0v) is 7.52. The molecule has 0 heterocycles. The van der Waals surface area contributed by atoms with Gasteiger partial charge < -0.3 is 10.8 Å². The number of hydrogen-bond acceptors (Lipinski definition) is 2. The van der Waals surface area contributed by atoms with E-state index < -0.39 is 11.8 Å². The Morgan fingerprint density at radius 1 is 1.69 bits per heavy atom. The summed E-state index contributed by atoms with van der Waals surface area (Å²) in [6.45, 7) is 1.34. The molecule has 0 saturated carbocycles. The fourth-order valence-electron chi connectivity index (χ4n) is 1.01. The van der Waals surface area contributed by atoms with Gasteiger partial charge >= 0.3 is 5.97 Å². The van der Waals surface area contributed by atoms with Gasteiger partial charge in [0.2, 0.25) is 0 Å². The molecule has 1 rings (SSSR count). The number of hydrogen-bond donors (Lipinski definition) is 2. The van der Waals surface area contributed by atoms with E-state index in [1.165, 1.54) is 6.92 Å². The topological polar surface area (TPSA) is 63.3 Å². The second-order valence-electron chi connectivity index (χ2n) is 2.56. The molecule has 0 saturated heterocycles. The van der Waals surface area contributed by atoms with Crippen molar-refractivity contribution < 1.29 is 14.3 Å². The first kappa shape index (κ1) is 9.80. The van der Waals surface area contributed by atoms with Gasteiger partial charge in [-0.15, -0.1) is 0 Å². The van der Waals surface area contributed by atoms with E-state index in [0.717, 1.165) is 6.07 Å². The Balaban J connectivity index is 3.56. The first-order valence-electron chi connectivity index (χ1n) is 3.42. The molecule has 3 N–H and O–H groups in total. The number of aromatic carboxylic acids is 1. The summed E-state index contributed by atoms with van der Waals surface area (Å²) >= 11 is 5.51. The minimum absolute atomic E-state index is 0.00519. The maximum absolute atomic E-state index is 13.0. The Morgan fingerprint density at radius 2 is 2.23 bits per heavy atom. The average Bonchev–Trinajstić information content (AvgIpc) is 2.01. The average molecular weight is 204 g/mol. The van der Waals surface area contributed by atoms with E-state index in [1.807, 2.05) is 0 Å². The van der Waals surface area contributed by atoms with Gasteiger partial charge in [0.15, 0.2) is 0 Å². The van der Waals surface area contributed by atoms with E-state index in [1.54, 1.807) is 0 Å². The van der Waals surface area contributed by atoms with Crippen LogP contribution in [0, 0.1) is 12.7 Å². The molecule has 1 aromatic rings. The number of anilines is 1. The number of nitrogens with two attached hydrogens (primary N) is 1. The predicted octanol–water partition coefficient (Wildman–Crippen LogP) is 2.07. The van der Waals surface area contributed by atoms with Crippen LogP contribution in [0.2, 0.25) is 5.02 Å². The zero-order chi connectivity index (χ0) is 10.2. The van der Waals surface area contributed by atoms with Crippen LogP contribution >= 0.6 is 11.6 Å². The lowest BCUT2D eigenvalue weighted by Gasteiger charge is -2.07. The smallest absolute Gasteiger partial charge is 0.338 e. The van der Waals surface area contributed by atoms with Gasteiger partial charge in [0, 0.05) is 5.56 Å². The number of benzene rings is 1. The van der Waals surface area contributed by atoms with E-state index in [-0.39, 0.29) is 21.8 Å². The summed E-state index contributed by atoms with van der Waals surface area (Å²) in [7, 11) is 0. The Labute approximate surface area is 78.9 Å². The van der Waals surface area contributed by atoms with Crippen LogP contribution in [0.15, 0.2) is 6.07 Å². The molecule has 0 aromatic heterocycles. The minimum Gasteiger partial charge on any atom is -0.478 e. The highest BCUT2D eigenvalue weighted by atomic mass is 35.5. The lowest BCUT2D eigenvalue weighted by molar-refractivity contribution is 0.0696. The van der Waals surface area contributed by atoms with E-state index in [2.05, 4.69) is 0 Å². The number of halogens is 2. The number of rotatable bonds is 1. The second kappa shape index (κ2) is 3.22. The molecule has 0 fully saturated rings. The molecule has 0 unspecified atom stereocenters. The molecule has 1 aromatic carbocycles. The normalized spacial score (nSPS) is 10.1. The molecule has 0 amide bonds. The van der Waals surface area contributed by atoms with Crippen LogP contribution in [-0.4, -0.2) is 11.1 Å². The Kier molecular flexibility index (Phi) is 2.43. The summed E-state index contributed by atoms with van der Waals surface area (Å²) in [5, 5.41) is 8.61. The van der Waals surface area contributed by atoms with Gasteiger partial charge in [0.05, 0.1) is 16.3 Å². The van der Waals surface area contributed by atoms with Crippen LogP contribution in [0.25, 0.3) is 0 Å². The Morgan fingerprint density at radius 3 is 2.69 bits per heavy atom. The Bertz CT molecular complexity index is 353. The highest BCUT2D eigenvalue weighted by molar-refractivity contribution is 6.33. The van der Waals surface area contributed by atoms with Crippen molar-refractivity contribution in [2.24, 2.45) is 0 Å². The molecule has 0 spiro atoms. The SMILES string of the molecule is Cc1c(F)cc(Cl)c(N)c1C(=O)O. The number of carboxylic acids is 1. The predicted molar refractivity (Wildman–Crippen MR) is 47.5 cm³/mol. The van der Waals surface area contributed by atoms with Gasteiger partial charge in [-0.2, -0.15) is 0 Å². The molecule has 0 radical (unpaired) electrons. The number of carboxylic acid groups (broad SMARTS) is 1. The van der Waals surface area contributed by atoms with Crippen LogP contribution < -0.4 is 5.73 Å². The summed E-state index contributed by atoms with van der Waals surface area (Å²) < 4.78 is 13.0. The molecule has 0 atom stereocenters. The van der Waals surface area contributed by atoms with Crippen molar-refractivity contribution in [2.75, 3.05) is 5.73 Å². The molecule has 70 valence electrons. The van der Waals surface area contributed by atoms with Gasteiger partial charge in [-0.1, -0.05) is 11.6 Å². The van der Waals surface area contributed by atoms with Gasteiger partial charge in [-0.05, 0) is 13.0 Å². The van der Waals surface area contributed by atoms with E-state index in [0.29, 0.717) is 0 Å². The highest BCUT2D eigenvalue weighted by Gasteiger charge is 2.17. The first-order chi connectivity index (χ1) is 5.95. The molecule has 13 heavy (non-hydrogen) atoms. The first-order valence-corrected chi connectivity index (χ1v) is 3.80. The van der Waals surface area contributed by atoms with E-state index in [9.17, 15) is 9.18 Å². The third kappa shape index (κ3) is 1.58. The van der Waals surface area contributed by atoms with Gasteiger partial charge in [0.25, 0.3) is 0 Å². The molecular weight excluding hydrogens is 197 g/mol. The molecule has 0 aliphatic carbocycles. The third-order valence-electron chi connectivity index (χ3n) is 1.73. The van der Waals surface area contributed by atoms with Crippen molar-refractivity contribution >= 4 is 23.3 Å². The monoisotopic (exact) mass is 203 g/mol. The fourth-order valence-corrected chi connectivity index (χ4v) is 1.20. The van der Waals surface area contributed by atoms with Crippen molar-refractivity contribution in [2.45, 2.75) is 6.92 Å². The van der Waals surface area contributed by atoms with Gasteiger partial charge in [0.1, 0.15) is 5.82 Å². The van der Waals surface area contributed by atoms with Crippen molar-refractivity contribution in [1.29, 1.82) is 0 Å². The van der Waals surface area contributed by atoms with Crippen LogP contribution in [0.3, 0.4) is 0 Å². The quantitative estimate of drug-likeness (QED) is 0.687. The van der Waals surface area contributed by atoms with E-state index >= 15 is 0 Å². The third-order valence-corrected chi connectivity index (χ3v) is 2.04. The summed E-state index contributed by atoms with van der Waals surface area (Å²) in [5.74, 6) is -1.95. The summed E-state index contributed by atoms with van der Waals surface area (Å²) in [4.78, 5) is 10.6. The molecule has 3 nitrogen and oxygen atoms in total. The largest absolute Gasteiger partial charge is 0.478 e. The molecule has 0 aliphatic rings. The molecule has 0 bridgehead atoms. The lowest BCUT2D eigenvalue weighted by Crippen LogP contribution is -2.07. The number of carbonyl (C=O) groups is 1. The standard InChI is InChI=1S/C8H7ClFNO2/c1-3-5(10)2-4(9)7(11)6(3)8(12)13/h2H,11H2,1H3,(H,12,13). The van der Waals surface area contributed by atoms with Crippen molar-refractivity contribution in [3.05, 3.63) is 28.0 Å². The fraction of sp³-hybridized carbons (Fsp3) is 0.125. The maximum Gasteiger partial charge on any atom is 0.338 e. The Hall–Kier alpha value is -1.29.